The summed E-state index contributed by atoms with van der Waals surface area (Å²) in [6.45, 7) is 0.0577. The van der Waals surface area contributed by atoms with E-state index in [2.05, 4.69) is 26.0 Å². The van der Waals surface area contributed by atoms with Gasteiger partial charge in [0.05, 0.1) is 4.90 Å². The Bertz CT molecular complexity index is 614. The SMILES string of the molecule is Nc1ccc(Br)c(S(=O)(=O)NCCC(=O)NC2CC2)c1. The summed E-state index contributed by atoms with van der Waals surface area (Å²) in [6.07, 6.45) is 2.14. The minimum absolute atomic E-state index is 0.0577. The maximum atomic E-state index is 12.1. The number of anilines is 1. The van der Waals surface area contributed by atoms with Crippen LogP contribution in [0.4, 0.5) is 5.69 Å². The molecule has 0 radical (unpaired) electrons. The Morgan fingerprint density at radius 3 is 2.75 bits per heavy atom. The molecule has 1 saturated carbocycles. The number of hydrogen-bond donors (Lipinski definition) is 3. The van der Waals surface area contributed by atoms with Gasteiger partial charge in [0.25, 0.3) is 0 Å². The number of carbonyl (C=O) groups is 1. The first-order valence-electron chi connectivity index (χ1n) is 6.22. The first-order chi connectivity index (χ1) is 9.38. The zero-order valence-electron chi connectivity index (χ0n) is 10.7. The van der Waals surface area contributed by atoms with Crippen molar-refractivity contribution in [2.75, 3.05) is 12.3 Å². The van der Waals surface area contributed by atoms with E-state index >= 15 is 0 Å². The maximum Gasteiger partial charge on any atom is 0.241 e. The lowest BCUT2D eigenvalue weighted by Crippen LogP contribution is -2.31. The van der Waals surface area contributed by atoms with Gasteiger partial charge in [-0.3, -0.25) is 4.79 Å². The molecule has 0 aliphatic heterocycles. The van der Waals surface area contributed by atoms with E-state index in [4.69, 9.17) is 5.73 Å². The van der Waals surface area contributed by atoms with Crippen LogP contribution in [0.3, 0.4) is 0 Å². The van der Waals surface area contributed by atoms with Gasteiger partial charge in [0.1, 0.15) is 0 Å². The Balaban J connectivity index is 1.93. The zero-order chi connectivity index (χ0) is 14.8. The molecule has 0 saturated heterocycles. The summed E-state index contributed by atoms with van der Waals surface area (Å²) in [5.74, 6) is -0.137. The summed E-state index contributed by atoms with van der Waals surface area (Å²) in [7, 11) is -3.68. The smallest absolute Gasteiger partial charge is 0.241 e. The number of halogens is 1. The van der Waals surface area contributed by atoms with Gasteiger partial charge in [0.15, 0.2) is 0 Å². The molecule has 1 fully saturated rings. The second kappa shape index (κ2) is 6.11. The third kappa shape index (κ3) is 4.19. The molecule has 1 aromatic rings. The molecule has 0 bridgehead atoms. The molecule has 20 heavy (non-hydrogen) atoms. The lowest BCUT2D eigenvalue weighted by atomic mass is 10.3. The highest BCUT2D eigenvalue weighted by Crippen LogP contribution is 2.24. The predicted octanol–water partition coefficient (Wildman–Crippen LogP) is 0.978. The van der Waals surface area contributed by atoms with Crippen LogP contribution in [0.2, 0.25) is 0 Å². The van der Waals surface area contributed by atoms with Crippen molar-refractivity contribution in [1.29, 1.82) is 0 Å². The number of amides is 1. The molecule has 1 aliphatic rings. The number of sulfonamides is 1. The average molecular weight is 362 g/mol. The molecule has 0 atom stereocenters. The number of rotatable bonds is 6. The number of nitrogens with two attached hydrogens (primary N) is 1. The molecule has 0 aromatic heterocycles. The summed E-state index contributed by atoms with van der Waals surface area (Å²) < 4.78 is 27.0. The van der Waals surface area contributed by atoms with E-state index in [9.17, 15) is 13.2 Å². The Morgan fingerprint density at radius 2 is 2.10 bits per heavy atom. The number of hydrogen-bond acceptors (Lipinski definition) is 4. The van der Waals surface area contributed by atoms with Gasteiger partial charge >= 0.3 is 0 Å². The van der Waals surface area contributed by atoms with Gasteiger partial charge in [-0.2, -0.15) is 0 Å². The van der Waals surface area contributed by atoms with E-state index in [0.717, 1.165) is 12.8 Å². The van der Waals surface area contributed by atoms with Crippen LogP contribution in [0.1, 0.15) is 19.3 Å². The zero-order valence-corrected chi connectivity index (χ0v) is 13.1. The first-order valence-corrected chi connectivity index (χ1v) is 8.50. The highest BCUT2D eigenvalue weighted by molar-refractivity contribution is 9.10. The monoisotopic (exact) mass is 361 g/mol. The summed E-state index contributed by atoms with van der Waals surface area (Å²) in [5.41, 5.74) is 5.95. The second-order valence-corrected chi connectivity index (χ2v) is 7.27. The van der Waals surface area contributed by atoms with Crippen LogP contribution in [-0.4, -0.2) is 26.9 Å². The molecule has 0 heterocycles. The molecular formula is C12H16BrN3O3S. The maximum absolute atomic E-state index is 12.1. The molecule has 2 rings (SSSR count). The fraction of sp³-hybridized carbons (Fsp3) is 0.417. The van der Waals surface area contributed by atoms with Crippen LogP contribution < -0.4 is 15.8 Å². The van der Waals surface area contributed by atoms with Crippen LogP contribution in [-0.2, 0) is 14.8 Å². The molecule has 6 nitrogen and oxygen atoms in total. The van der Waals surface area contributed by atoms with Gasteiger partial charge < -0.3 is 11.1 Å². The molecule has 4 N–H and O–H groups in total. The summed E-state index contributed by atoms with van der Waals surface area (Å²) in [4.78, 5) is 11.5. The van der Waals surface area contributed by atoms with Crippen molar-refractivity contribution in [2.45, 2.75) is 30.2 Å². The van der Waals surface area contributed by atoms with Gasteiger partial charge in [0.2, 0.25) is 15.9 Å². The topological polar surface area (TPSA) is 101 Å². The Kier molecular flexibility index (Phi) is 4.66. The van der Waals surface area contributed by atoms with Gasteiger partial charge in [-0.05, 0) is 47.0 Å². The van der Waals surface area contributed by atoms with Crippen molar-refractivity contribution in [3.05, 3.63) is 22.7 Å². The molecule has 8 heteroatoms. The van der Waals surface area contributed by atoms with Crippen molar-refractivity contribution in [2.24, 2.45) is 0 Å². The largest absolute Gasteiger partial charge is 0.399 e. The van der Waals surface area contributed by atoms with Crippen LogP contribution in [0.15, 0.2) is 27.6 Å². The number of carbonyl (C=O) groups excluding carboxylic acids is 1. The summed E-state index contributed by atoms with van der Waals surface area (Å²) in [5, 5.41) is 2.80. The summed E-state index contributed by atoms with van der Waals surface area (Å²) in [6, 6.07) is 4.83. The number of nitrogen functional groups attached to an aromatic ring is 1. The lowest BCUT2D eigenvalue weighted by molar-refractivity contribution is -0.121. The Hall–Kier alpha value is -1.12. The Morgan fingerprint density at radius 1 is 1.40 bits per heavy atom. The predicted molar refractivity (Wildman–Crippen MR) is 79.5 cm³/mol. The first kappa shape index (κ1) is 15.3. The van der Waals surface area contributed by atoms with Crippen molar-refractivity contribution in [3.63, 3.8) is 0 Å². The standard InChI is InChI=1S/C12H16BrN3O3S/c13-10-4-1-8(14)7-11(10)20(18,19)15-6-5-12(17)16-9-2-3-9/h1,4,7,9,15H,2-3,5-6,14H2,(H,16,17). The molecule has 1 aromatic carbocycles. The molecule has 1 aliphatic carbocycles. The van der Waals surface area contributed by atoms with Crippen LogP contribution in [0.5, 0.6) is 0 Å². The second-order valence-electron chi connectivity index (χ2n) is 4.68. The van der Waals surface area contributed by atoms with E-state index in [0.29, 0.717) is 10.2 Å². The molecule has 0 spiro atoms. The van der Waals surface area contributed by atoms with E-state index in [1.54, 1.807) is 12.1 Å². The van der Waals surface area contributed by atoms with Crippen molar-refractivity contribution in [1.82, 2.24) is 10.0 Å². The molecule has 110 valence electrons. The van der Waals surface area contributed by atoms with E-state index < -0.39 is 10.0 Å². The highest BCUT2D eigenvalue weighted by Gasteiger charge is 2.23. The molecule has 0 unspecified atom stereocenters. The van der Waals surface area contributed by atoms with Crippen molar-refractivity contribution >= 4 is 37.5 Å². The van der Waals surface area contributed by atoms with Crippen LogP contribution >= 0.6 is 15.9 Å². The van der Waals surface area contributed by atoms with Crippen LogP contribution in [0.25, 0.3) is 0 Å². The minimum atomic E-state index is -3.68. The number of benzene rings is 1. The summed E-state index contributed by atoms with van der Waals surface area (Å²) >= 11 is 3.17. The molecular weight excluding hydrogens is 346 g/mol. The highest BCUT2D eigenvalue weighted by atomic mass is 79.9. The third-order valence-electron chi connectivity index (χ3n) is 2.83. The van der Waals surface area contributed by atoms with Crippen molar-refractivity contribution < 1.29 is 13.2 Å². The molecule has 1 amide bonds. The Labute approximate surface area is 126 Å². The van der Waals surface area contributed by atoms with Gasteiger partial charge in [-0.1, -0.05) is 0 Å². The van der Waals surface area contributed by atoms with Gasteiger partial charge in [-0.25, -0.2) is 13.1 Å². The fourth-order valence-electron chi connectivity index (χ4n) is 1.63. The van der Waals surface area contributed by atoms with Crippen LogP contribution in [0, 0.1) is 0 Å². The minimum Gasteiger partial charge on any atom is -0.399 e. The van der Waals surface area contributed by atoms with Gasteiger partial charge in [0, 0.05) is 29.2 Å². The van der Waals surface area contributed by atoms with E-state index in [-0.39, 0.29) is 29.8 Å². The fourth-order valence-corrected chi connectivity index (χ4v) is 3.66. The average Bonchev–Trinajstić information content (AvgIpc) is 3.15. The lowest BCUT2D eigenvalue weighted by Gasteiger charge is -2.09. The van der Waals surface area contributed by atoms with Crippen molar-refractivity contribution in [3.8, 4) is 0 Å². The van der Waals surface area contributed by atoms with E-state index in [1.165, 1.54) is 6.07 Å². The third-order valence-corrected chi connectivity index (χ3v) is 5.29. The van der Waals surface area contributed by atoms with Gasteiger partial charge in [-0.15, -0.1) is 0 Å². The normalized spacial score (nSPS) is 15.1. The number of nitrogens with one attached hydrogen (secondary N) is 2. The quantitative estimate of drug-likeness (QED) is 0.657. The van der Waals surface area contributed by atoms with E-state index in [1.807, 2.05) is 0 Å².